The number of hydrogen-bond acceptors (Lipinski definition) is 4. The molecule has 0 N–H and O–H groups in total. The topological polar surface area (TPSA) is 43.9 Å². The first kappa shape index (κ1) is 13.0. The lowest BCUT2D eigenvalue weighted by Gasteiger charge is -2.10. The molecule has 1 aromatic carbocycles. The zero-order chi connectivity index (χ0) is 13.9. The van der Waals surface area contributed by atoms with Crippen molar-refractivity contribution in [1.29, 1.82) is 0 Å². The van der Waals surface area contributed by atoms with Gasteiger partial charge in [0.05, 0.1) is 6.26 Å². The number of thioether (sulfide) groups is 1. The summed E-state index contributed by atoms with van der Waals surface area (Å²) in [5.74, 6) is 1.45. The molecule has 0 aliphatic carbocycles. The lowest BCUT2D eigenvalue weighted by atomic mass is 10.3. The molecular weight excluding hydrogens is 270 g/mol. The summed E-state index contributed by atoms with van der Waals surface area (Å²) in [6.07, 6.45) is 1.65. The van der Waals surface area contributed by atoms with Gasteiger partial charge in [0.2, 0.25) is 5.82 Å². The Morgan fingerprint density at radius 3 is 2.50 bits per heavy atom. The first-order valence-corrected chi connectivity index (χ1v) is 7.35. The highest BCUT2D eigenvalue weighted by molar-refractivity contribution is 7.99. The molecule has 0 saturated heterocycles. The minimum absolute atomic E-state index is 0.436. The van der Waals surface area contributed by atoms with Crippen molar-refractivity contribution in [1.82, 2.24) is 14.8 Å². The summed E-state index contributed by atoms with van der Waals surface area (Å²) in [5, 5.41) is 9.90. The second-order valence-corrected chi connectivity index (χ2v) is 6.16. The van der Waals surface area contributed by atoms with Crippen molar-refractivity contribution in [2.75, 3.05) is 0 Å². The van der Waals surface area contributed by atoms with Gasteiger partial charge in [0.1, 0.15) is 0 Å². The smallest absolute Gasteiger partial charge is 0.205 e. The SMILES string of the molecule is CC(C)Sc1nnc(-c2ccco2)n1-c1ccccc1. The van der Waals surface area contributed by atoms with Crippen LogP contribution < -0.4 is 0 Å². The molecule has 0 bridgehead atoms. The minimum atomic E-state index is 0.436. The summed E-state index contributed by atoms with van der Waals surface area (Å²) in [4.78, 5) is 0. The van der Waals surface area contributed by atoms with Crippen LogP contribution in [0.15, 0.2) is 58.3 Å². The molecule has 0 radical (unpaired) electrons. The number of para-hydroxylation sites is 1. The Hall–Kier alpha value is -2.01. The Morgan fingerprint density at radius 2 is 1.85 bits per heavy atom. The second kappa shape index (κ2) is 5.54. The van der Waals surface area contributed by atoms with Crippen LogP contribution >= 0.6 is 11.8 Å². The van der Waals surface area contributed by atoms with E-state index >= 15 is 0 Å². The monoisotopic (exact) mass is 285 g/mol. The fraction of sp³-hybridized carbons (Fsp3) is 0.200. The normalized spacial score (nSPS) is 11.2. The molecule has 0 spiro atoms. The van der Waals surface area contributed by atoms with E-state index in [0.29, 0.717) is 5.25 Å². The molecular formula is C15H15N3OS. The van der Waals surface area contributed by atoms with E-state index in [-0.39, 0.29) is 0 Å². The summed E-state index contributed by atoms with van der Waals surface area (Å²) >= 11 is 1.69. The minimum Gasteiger partial charge on any atom is -0.461 e. The maximum atomic E-state index is 5.47. The van der Waals surface area contributed by atoms with Gasteiger partial charge in [0.15, 0.2) is 10.9 Å². The van der Waals surface area contributed by atoms with Crippen molar-refractivity contribution >= 4 is 11.8 Å². The predicted octanol–water partition coefficient (Wildman–Crippen LogP) is 4.03. The lowest BCUT2D eigenvalue weighted by molar-refractivity contribution is 0.575. The second-order valence-electron chi connectivity index (χ2n) is 4.62. The van der Waals surface area contributed by atoms with Crippen LogP contribution in [0.5, 0.6) is 0 Å². The third-order valence-electron chi connectivity index (χ3n) is 2.73. The van der Waals surface area contributed by atoms with Crippen molar-refractivity contribution in [3.63, 3.8) is 0 Å². The van der Waals surface area contributed by atoms with Gasteiger partial charge in [0.25, 0.3) is 0 Å². The van der Waals surface area contributed by atoms with E-state index in [1.807, 2.05) is 47.0 Å². The highest BCUT2D eigenvalue weighted by Gasteiger charge is 2.18. The summed E-state index contributed by atoms with van der Waals surface area (Å²) in [6.45, 7) is 4.28. The zero-order valence-electron chi connectivity index (χ0n) is 11.4. The third-order valence-corrected chi connectivity index (χ3v) is 3.68. The average molecular weight is 285 g/mol. The number of hydrogen-bond donors (Lipinski definition) is 0. The van der Waals surface area contributed by atoms with Crippen LogP contribution in [0.1, 0.15) is 13.8 Å². The van der Waals surface area contributed by atoms with Gasteiger partial charge < -0.3 is 4.42 Å². The van der Waals surface area contributed by atoms with E-state index < -0.39 is 0 Å². The highest BCUT2D eigenvalue weighted by atomic mass is 32.2. The Bertz CT molecular complexity index is 674. The highest BCUT2D eigenvalue weighted by Crippen LogP contribution is 2.29. The van der Waals surface area contributed by atoms with Crippen LogP contribution in [0.2, 0.25) is 0 Å². The lowest BCUT2D eigenvalue weighted by Crippen LogP contribution is -2.00. The van der Waals surface area contributed by atoms with Gasteiger partial charge in [-0.05, 0) is 24.3 Å². The molecule has 0 amide bonds. The molecule has 0 fully saturated rings. The quantitative estimate of drug-likeness (QED) is 0.679. The maximum absolute atomic E-state index is 5.47. The van der Waals surface area contributed by atoms with E-state index in [4.69, 9.17) is 4.42 Å². The van der Waals surface area contributed by atoms with E-state index in [2.05, 4.69) is 24.0 Å². The standard InChI is InChI=1S/C15H15N3OS/c1-11(2)20-15-17-16-14(13-9-6-10-19-13)18(15)12-7-4-3-5-8-12/h3-11H,1-2H3. The largest absolute Gasteiger partial charge is 0.461 e. The molecule has 0 unspecified atom stereocenters. The Labute approximate surface area is 121 Å². The molecule has 0 atom stereocenters. The number of furan rings is 1. The van der Waals surface area contributed by atoms with Crippen molar-refractivity contribution in [2.45, 2.75) is 24.3 Å². The molecule has 0 aliphatic heterocycles. The average Bonchev–Trinajstić information content (AvgIpc) is 3.07. The van der Waals surface area contributed by atoms with Gasteiger partial charge in [0, 0.05) is 10.9 Å². The van der Waals surface area contributed by atoms with Gasteiger partial charge in [-0.15, -0.1) is 10.2 Å². The molecule has 4 nitrogen and oxygen atoms in total. The van der Waals surface area contributed by atoms with Crippen LogP contribution in [0.25, 0.3) is 17.3 Å². The number of nitrogens with zero attached hydrogens (tertiary/aromatic N) is 3. The van der Waals surface area contributed by atoms with Crippen molar-refractivity contribution in [2.24, 2.45) is 0 Å². The van der Waals surface area contributed by atoms with E-state index in [0.717, 1.165) is 22.4 Å². The number of aromatic nitrogens is 3. The summed E-state index contributed by atoms with van der Waals surface area (Å²) in [5.41, 5.74) is 1.03. The predicted molar refractivity (Wildman–Crippen MR) is 80.1 cm³/mol. The molecule has 2 heterocycles. The van der Waals surface area contributed by atoms with Crippen LogP contribution in [-0.4, -0.2) is 20.0 Å². The van der Waals surface area contributed by atoms with E-state index in [1.54, 1.807) is 18.0 Å². The zero-order valence-corrected chi connectivity index (χ0v) is 12.2. The molecule has 20 heavy (non-hydrogen) atoms. The summed E-state index contributed by atoms with van der Waals surface area (Å²) in [6, 6.07) is 13.8. The van der Waals surface area contributed by atoms with Gasteiger partial charge >= 0.3 is 0 Å². The van der Waals surface area contributed by atoms with Gasteiger partial charge in [-0.2, -0.15) is 0 Å². The third kappa shape index (κ3) is 2.49. The molecule has 0 saturated carbocycles. The van der Waals surface area contributed by atoms with Crippen LogP contribution in [-0.2, 0) is 0 Å². The Morgan fingerprint density at radius 1 is 1.05 bits per heavy atom. The maximum Gasteiger partial charge on any atom is 0.205 e. The van der Waals surface area contributed by atoms with E-state index in [9.17, 15) is 0 Å². The number of rotatable bonds is 4. The van der Waals surface area contributed by atoms with Crippen molar-refractivity contribution in [3.05, 3.63) is 48.7 Å². The Balaban J connectivity index is 2.15. The molecule has 5 heteroatoms. The molecule has 102 valence electrons. The fourth-order valence-corrected chi connectivity index (χ4v) is 2.74. The molecule has 2 aromatic heterocycles. The van der Waals surface area contributed by atoms with Crippen LogP contribution in [0.3, 0.4) is 0 Å². The van der Waals surface area contributed by atoms with Gasteiger partial charge in [-0.3, -0.25) is 4.57 Å². The molecule has 0 aliphatic rings. The van der Waals surface area contributed by atoms with Crippen molar-refractivity contribution < 1.29 is 4.42 Å². The van der Waals surface area contributed by atoms with Gasteiger partial charge in [-0.25, -0.2) is 0 Å². The number of benzene rings is 1. The fourth-order valence-electron chi connectivity index (χ4n) is 1.93. The summed E-state index contributed by atoms with van der Waals surface area (Å²) < 4.78 is 7.50. The van der Waals surface area contributed by atoms with Crippen LogP contribution in [0.4, 0.5) is 0 Å². The van der Waals surface area contributed by atoms with E-state index in [1.165, 1.54) is 0 Å². The van der Waals surface area contributed by atoms with Crippen LogP contribution in [0, 0.1) is 0 Å². The van der Waals surface area contributed by atoms with Gasteiger partial charge in [-0.1, -0.05) is 43.8 Å². The van der Waals surface area contributed by atoms with Crippen molar-refractivity contribution in [3.8, 4) is 17.3 Å². The molecule has 3 aromatic rings. The molecule has 3 rings (SSSR count). The first-order chi connectivity index (χ1) is 9.75. The Kier molecular flexibility index (Phi) is 3.60. The first-order valence-electron chi connectivity index (χ1n) is 6.47. The summed E-state index contributed by atoms with van der Waals surface area (Å²) in [7, 11) is 0.